The summed E-state index contributed by atoms with van der Waals surface area (Å²) >= 11 is 4.43. The molecular weight excluding hydrogens is 452 g/mol. The Kier molecular flexibility index (Phi) is 5.34. The predicted octanol–water partition coefficient (Wildman–Crippen LogP) is 5.63. The molecule has 0 spiro atoms. The molecule has 1 unspecified atom stereocenters. The number of aromatic amines is 1. The van der Waals surface area contributed by atoms with Gasteiger partial charge in [0.05, 0.1) is 17.7 Å². The van der Waals surface area contributed by atoms with Gasteiger partial charge in [-0.3, -0.25) is 4.79 Å². The molecule has 5 aromatic rings. The third-order valence-electron chi connectivity index (χ3n) is 4.65. The highest BCUT2D eigenvalue weighted by Gasteiger charge is 2.19. The minimum atomic E-state index is -0.173. The van der Waals surface area contributed by atoms with Gasteiger partial charge >= 0.3 is 0 Å². The van der Waals surface area contributed by atoms with Crippen molar-refractivity contribution in [3.05, 3.63) is 63.3 Å². The first kappa shape index (κ1) is 20.0. The van der Waals surface area contributed by atoms with Gasteiger partial charge < -0.3 is 14.1 Å². The number of hydrogen-bond donors (Lipinski definition) is 1. The van der Waals surface area contributed by atoms with Gasteiger partial charge in [-0.1, -0.05) is 17.8 Å². The Morgan fingerprint density at radius 3 is 2.74 bits per heavy atom. The van der Waals surface area contributed by atoms with Gasteiger partial charge in [0.25, 0.3) is 10.8 Å². The lowest BCUT2D eigenvalue weighted by atomic mass is 10.2. The number of rotatable bonds is 6. The normalized spacial score (nSPS) is 12.3. The number of thioether (sulfide) groups is 1. The van der Waals surface area contributed by atoms with Crippen molar-refractivity contribution < 1.29 is 9.15 Å². The maximum atomic E-state index is 12.8. The molecule has 1 N–H and O–H groups in total. The van der Waals surface area contributed by atoms with E-state index in [1.54, 1.807) is 18.4 Å². The Hall–Kier alpha value is -2.95. The zero-order chi connectivity index (χ0) is 21.4. The molecule has 0 aliphatic heterocycles. The fourth-order valence-electron chi connectivity index (χ4n) is 3.09. The van der Waals surface area contributed by atoms with Crippen LogP contribution in [-0.4, -0.2) is 27.3 Å². The van der Waals surface area contributed by atoms with Crippen LogP contribution in [0.3, 0.4) is 0 Å². The first-order valence-electron chi connectivity index (χ1n) is 9.32. The molecule has 31 heavy (non-hydrogen) atoms. The molecule has 0 fully saturated rings. The van der Waals surface area contributed by atoms with Crippen LogP contribution in [0.25, 0.3) is 32.1 Å². The second-order valence-corrected chi connectivity index (χ2v) is 9.72. The Morgan fingerprint density at radius 2 is 2.00 bits per heavy atom. The van der Waals surface area contributed by atoms with Crippen molar-refractivity contribution in [3.8, 4) is 27.6 Å². The van der Waals surface area contributed by atoms with E-state index in [1.807, 2.05) is 54.1 Å². The Balaban J connectivity index is 1.39. The van der Waals surface area contributed by atoms with Crippen molar-refractivity contribution in [3.63, 3.8) is 0 Å². The summed E-state index contributed by atoms with van der Waals surface area (Å²) in [7, 11) is 1.62. The summed E-state index contributed by atoms with van der Waals surface area (Å²) in [5.41, 5.74) is 1.60. The zero-order valence-electron chi connectivity index (χ0n) is 16.5. The number of fused-ring (bicyclic) bond motifs is 1. The second kappa shape index (κ2) is 8.29. The Morgan fingerprint density at radius 1 is 1.16 bits per heavy atom. The average Bonchev–Trinajstić information content (AvgIpc) is 3.54. The molecule has 0 radical (unpaired) electrons. The molecule has 156 valence electrons. The van der Waals surface area contributed by atoms with E-state index in [1.165, 1.54) is 23.1 Å². The van der Waals surface area contributed by atoms with Crippen LogP contribution in [0.4, 0.5) is 0 Å². The number of ether oxygens (including phenoxy) is 1. The summed E-state index contributed by atoms with van der Waals surface area (Å²) in [6.07, 6.45) is 0. The molecule has 0 saturated carbocycles. The molecule has 5 rings (SSSR count). The number of aromatic nitrogens is 4. The van der Waals surface area contributed by atoms with Crippen molar-refractivity contribution in [2.45, 2.75) is 17.4 Å². The third-order valence-corrected chi connectivity index (χ3v) is 7.37. The third kappa shape index (κ3) is 3.89. The van der Waals surface area contributed by atoms with Crippen LogP contribution in [0.15, 0.2) is 61.6 Å². The molecule has 1 aromatic carbocycles. The van der Waals surface area contributed by atoms with Crippen LogP contribution in [0.2, 0.25) is 0 Å². The smallest absolute Gasteiger partial charge is 0.277 e. The number of H-pyrrole nitrogens is 1. The lowest BCUT2D eigenvalue weighted by Gasteiger charge is -2.07. The van der Waals surface area contributed by atoms with Gasteiger partial charge in [-0.25, -0.2) is 4.98 Å². The first-order chi connectivity index (χ1) is 15.1. The SMILES string of the molecule is COc1ccc(-c2nnc(SC(C)c3nc4scc(-c5cccs5)c4c(=O)[nH]3)o2)cc1. The average molecular weight is 469 g/mol. The standard InChI is InChI=1S/C21H16N4O3S3/c1-11(31-21-25-24-19(28-21)12-5-7-13(27-2)8-6-12)17-22-18(26)16-14(10-30-20(16)23-17)15-4-3-9-29-15/h3-11H,1-2H3,(H,22,23,26). The highest BCUT2D eigenvalue weighted by molar-refractivity contribution is 7.99. The van der Waals surface area contributed by atoms with Crippen molar-refractivity contribution in [1.82, 2.24) is 20.2 Å². The summed E-state index contributed by atoms with van der Waals surface area (Å²) in [6, 6.07) is 11.4. The van der Waals surface area contributed by atoms with E-state index in [4.69, 9.17) is 9.15 Å². The highest BCUT2D eigenvalue weighted by Crippen LogP contribution is 2.37. The van der Waals surface area contributed by atoms with Crippen LogP contribution in [0, 0.1) is 0 Å². The molecule has 10 heteroatoms. The Labute approximate surface area is 189 Å². The molecule has 0 aliphatic rings. The van der Waals surface area contributed by atoms with Crippen LogP contribution in [-0.2, 0) is 0 Å². The molecule has 0 amide bonds. The number of nitrogens with zero attached hydrogens (tertiary/aromatic N) is 3. The van der Waals surface area contributed by atoms with E-state index in [0.29, 0.717) is 22.3 Å². The van der Waals surface area contributed by atoms with Gasteiger partial charge in [0.1, 0.15) is 16.4 Å². The number of nitrogens with one attached hydrogen (secondary N) is 1. The monoisotopic (exact) mass is 468 g/mol. The van der Waals surface area contributed by atoms with E-state index in [-0.39, 0.29) is 10.8 Å². The van der Waals surface area contributed by atoms with Crippen LogP contribution < -0.4 is 10.3 Å². The fourth-order valence-corrected chi connectivity index (χ4v) is 5.60. The number of methoxy groups -OCH3 is 1. The zero-order valence-corrected chi connectivity index (χ0v) is 18.9. The second-order valence-electron chi connectivity index (χ2n) is 6.62. The van der Waals surface area contributed by atoms with E-state index < -0.39 is 0 Å². The number of hydrogen-bond acceptors (Lipinski definition) is 9. The van der Waals surface area contributed by atoms with Crippen LogP contribution in [0.1, 0.15) is 18.0 Å². The molecule has 0 aliphatic carbocycles. The number of benzene rings is 1. The van der Waals surface area contributed by atoms with Crippen LogP contribution >= 0.6 is 34.4 Å². The summed E-state index contributed by atoms with van der Waals surface area (Å²) in [5, 5.41) is 13.1. The van der Waals surface area contributed by atoms with E-state index in [0.717, 1.165) is 26.6 Å². The predicted molar refractivity (Wildman–Crippen MR) is 124 cm³/mol. The fraction of sp³-hybridized carbons (Fsp3) is 0.143. The summed E-state index contributed by atoms with van der Waals surface area (Å²) in [6.45, 7) is 1.94. The quantitative estimate of drug-likeness (QED) is 0.323. The van der Waals surface area contributed by atoms with Crippen molar-refractivity contribution in [2.24, 2.45) is 0 Å². The topological polar surface area (TPSA) is 93.9 Å². The van der Waals surface area contributed by atoms with Crippen molar-refractivity contribution in [2.75, 3.05) is 7.11 Å². The maximum absolute atomic E-state index is 12.8. The van der Waals surface area contributed by atoms with Gasteiger partial charge in [-0.05, 0) is 42.6 Å². The van der Waals surface area contributed by atoms with Crippen molar-refractivity contribution in [1.29, 1.82) is 0 Å². The van der Waals surface area contributed by atoms with E-state index in [9.17, 15) is 4.79 Å². The highest BCUT2D eigenvalue weighted by atomic mass is 32.2. The lowest BCUT2D eigenvalue weighted by Crippen LogP contribution is -2.12. The largest absolute Gasteiger partial charge is 0.497 e. The molecular formula is C21H16N4O3S3. The van der Waals surface area contributed by atoms with Gasteiger partial charge in [-0.2, -0.15) is 0 Å². The number of thiophene rings is 2. The van der Waals surface area contributed by atoms with E-state index in [2.05, 4.69) is 20.2 Å². The molecule has 1 atom stereocenters. The van der Waals surface area contributed by atoms with Gasteiger partial charge in [0, 0.05) is 21.4 Å². The summed E-state index contributed by atoms with van der Waals surface area (Å²) in [5.74, 6) is 1.76. The first-order valence-corrected chi connectivity index (χ1v) is 12.0. The minimum absolute atomic E-state index is 0.137. The van der Waals surface area contributed by atoms with Gasteiger partial charge in [-0.15, -0.1) is 32.9 Å². The van der Waals surface area contributed by atoms with E-state index >= 15 is 0 Å². The maximum Gasteiger partial charge on any atom is 0.277 e. The summed E-state index contributed by atoms with van der Waals surface area (Å²) < 4.78 is 11.0. The molecule has 4 aromatic heterocycles. The Bertz CT molecular complexity index is 1390. The van der Waals surface area contributed by atoms with Gasteiger partial charge in [0.2, 0.25) is 5.89 Å². The molecule has 0 saturated heterocycles. The van der Waals surface area contributed by atoms with Gasteiger partial charge in [0.15, 0.2) is 0 Å². The summed E-state index contributed by atoms with van der Waals surface area (Å²) in [4.78, 5) is 22.2. The lowest BCUT2D eigenvalue weighted by molar-refractivity contribution is 0.414. The molecule has 0 bridgehead atoms. The van der Waals surface area contributed by atoms with Crippen molar-refractivity contribution >= 4 is 44.7 Å². The molecule has 4 heterocycles. The minimum Gasteiger partial charge on any atom is -0.497 e. The molecule has 7 nitrogen and oxygen atoms in total. The van der Waals surface area contributed by atoms with Crippen LogP contribution in [0.5, 0.6) is 5.75 Å².